The fraction of sp³-hybridized carbons (Fsp3) is 1.00. The summed E-state index contributed by atoms with van der Waals surface area (Å²) < 4.78 is 30.8. The Labute approximate surface area is 130 Å². The smallest absolute Gasteiger partial charge is 0.211 e. The van der Waals surface area contributed by atoms with Crippen molar-refractivity contribution >= 4 is 26.0 Å². The third kappa shape index (κ3) is 4.66. The molecule has 2 fully saturated rings. The van der Waals surface area contributed by atoms with Gasteiger partial charge in [0.1, 0.15) is 0 Å². The Kier molecular flexibility index (Phi) is 5.88. The maximum atomic E-state index is 11.7. The van der Waals surface area contributed by atoms with Crippen LogP contribution in [0.25, 0.3) is 0 Å². The SMILES string of the molecule is CC1CN(CC2CCCN(S(C)(=O)=O)C2)CC(CBr)O1. The van der Waals surface area contributed by atoms with Gasteiger partial charge in [0, 0.05) is 38.1 Å². The van der Waals surface area contributed by atoms with Crippen LogP contribution in [0.3, 0.4) is 0 Å². The minimum Gasteiger partial charge on any atom is -0.372 e. The van der Waals surface area contributed by atoms with Crippen LogP contribution in [0.1, 0.15) is 19.8 Å². The van der Waals surface area contributed by atoms with Crippen LogP contribution in [0.4, 0.5) is 0 Å². The van der Waals surface area contributed by atoms with Gasteiger partial charge in [-0.2, -0.15) is 0 Å². The molecule has 5 nitrogen and oxygen atoms in total. The molecule has 0 spiro atoms. The highest BCUT2D eigenvalue weighted by atomic mass is 79.9. The zero-order valence-corrected chi connectivity index (χ0v) is 14.7. The summed E-state index contributed by atoms with van der Waals surface area (Å²) in [6.45, 7) is 6.31. The lowest BCUT2D eigenvalue weighted by Crippen LogP contribution is -2.50. The molecule has 20 heavy (non-hydrogen) atoms. The topological polar surface area (TPSA) is 49.9 Å². The number of sulfonamides is 1. The Morgan fingerprint density at radius 2 is 2.05 bits per heavy atom. The van der Waals surface area contributed by atoms with Crippen molar-refractivity contribution in [2.24, 2.45) is 5.92 Å². The first-order valence-corrected chi connectivity index (χ1v) is 10.2. The highest BCUT2D eigenvalue weighted by molar-refractivity contribution is 9.09. The second kappa shape index (κ2) is 7.05. The van der Waals surface area contributed by atoms with Gasteiger partial charge >= 0.3 is 0 Å². The first kappa shape index (κ1) is 16.7. The Balaban J connectivity index is 1.89. The lowest BCUT2D eigenvalue weighted by molar-refractivity contribution is -0.0701. The van der Waals surface area contributed by atoms with Gasteiger partial charge < -0.3 is 4.74 Å². The second-order valence-electron chi connectivity index (χ2n) is 6.07. The van der Waals surface area contributed by atoms with Crippen molar-refractivity contribution in [2.45, 2.75) is 32.0 Å². The maximum Gasteiger partial charge on any atom is 0.211 e. The van der Waals surface area contributed by atoms with Crippen LogP contribution in [0.15, 0.2) is 0 Å². The van der Waals surface area contributed by atoms with Crippen LogP contribution in [0.5, 0.6) is 0 Å². The summed E-state index contributed by atoms with van der Waals surface area (Å²) in [5.41, 5.74) is 0. The van der Waals surface area contributed by atoms with Crippen LogP contribution < -0.4 is 0 Å². The van der Waals surface area contributed by atoms with E-state index in [0.717, 1.165) is 37.8 Å². The van der Waals surface area contributed by atoms with Gasteiger partial charge in [-0.3, -0.25) is 4.90 Å². The molecular formula is C13H25BrN2O3S. The minimum atomic E-state index is -3.04. The standard InChI is InChI=1S/C13H25BrN2O3S/c1-11-7-15(10-13(6-14)19-11)8-12-4-3-5-16(9-12)20(2,17)18/h11-13H,3-10H2,1-2H3. The summed E-state index contributed by atoms with van der Waals surface area (Å²) >= 11 is 3.49. The van der Waals surface area contributed by atoms with E-state index >= 15 is 0 Å². The lowest BCUT2D eigenvalue weighted by atomic mass is 9.98. The fourth-order valence-electron chi connectivity index (χ4n) is 3.22. The Morgan fingerprint density at radius 3 is 2.70 bits per heavy atom. The molecule has 3 atom stereocenters. The molecule has 2 rings (SSSR count). The second-order valence-corrected chi connectivity index (χ2v) is 8.70. The van der Waals surface area contributed by atoms with E-state index in [2.05, 4.69) is 27.8 Å². The molecule has 7 heteroatoms. The number of nitrogens with zero attached hydrogens (tertiary/aromatic N) is 2. The predicted octanol–water partition coefficient (Wildman–Crippen LogP) is 1.14. The number of morpholine rings is 1. The summed E-state index contributed by atoms with van der Waals surface area (Å²) in [5, 5.41) is 0.855. The van der Waals surface area contributed by atoms with E-state index in [9.17, 15) is 8.42 Å². The van der Waals surface area contributed by atoms with Crippen LogP contribution >= 0.6 is 15.9 Å². The molecule has 0 radical (unpaired) electrons. The van der Waals surface area contributed by atoms with Gasteiger partial charge in [-0.1, -0.05) is 15.9 Å². The van der Waals surface area contributed by atoms with Crippen LogP contribution in [0.2, 0.25) is 0 Å². The number of alkyl halides is 1. The van der Waals surface area contributed by atoms with Crippen molar-refractivity contribution in [3.8, 4) is 0 Å². The highest BCUT2D eigenvalue weighted by Gasteiger charge is 2.30. The summed E-state index contributed by atoms with van der Waals surface area (Å²) in [6.07, 6.45) is 3.90. The van der Waals surface area contributed by atoms with E-state index in [1.807, 2.05) is 0 Å². The number of rotatable bonds is 4. The van der Waals surface area contributed by atoms with E-state index in [-0.39, 0.29) is 12.2 Å². The Morgan fingerprint density at radius 1 is 1.30 bits per heavy atom. The van der Waals surface area contributed by atoms with Gasteiger partial charge in [0.05, 0.1) is 18.5 Å². The van der Waals surface area contributed by atoms with Gasteiger partial charge in [-0.15, -0.1) is 0 Å². The van der Waals surface area contributed by atoms with E-state index in [1.165, 1.54) is 6.26 Å². The van der Waals surface area contributed by atoms with E-state index in [1.54, 1.807) is 4.31 Å². The fourth-order valence-corrected chi connectivity index (χ4v) is 4.52. The molecule has 0 aliphatic carbocycles. The van der Waals surface area contributed by atoms with E-state index in [4.69, 9.17) is 4.74 Å². The zero-order chi connectivity index (χ0) is 14.8. The van der Waals surface area contributed by atoms with Crippen molar-refractivity contribution in [3.05, 3.63) is 0 Å². The monoisotopic (exact) mass is 368 g/mol. The third-order valence-corrected chi connectivity index (χ3v) is 6.03. The van der Waals surface area contributed by atoms with Crippen molar-refractivity contribution in [1.82, 2.24) is 9.21 Å². The minimum absolute atomic E-state index is 0.244. The maximum absolute atomic E-state index is 11.7. The number of hydrogen-bond acceptors (Lipinski definition) is 4. The molecule has 0 aromatic carbocycles. The van der Waals surface area contributed by atoms with Gasteiger partial charge in [-0.05, 0) is 25.7 Å². The largest absolute Gasteiger partial charge is 0.372 e. The van der Waals surface area contributed by atoms with Crippen molar-refractivity contribution in [1.29, 1.82) is 0 Å². The number of piperidine rings is 1. The molecular weight excluding hydrogens is 344 g/mol. The molecule has 0 amide bonds. The molecule has 0 aromatic rings. The van der Waals surface area contributed by atoms with Gasteiger partial charge in [0.15, 0.2) is 0 Å². The normalized spacial score (nSPS) is 34.2. The molecule has 2 heterocycles. The molecule has 0 bridgehead atoms. The summed E-state index contributed by atoms with van der Waals surface area (Å²) in [5.74, 6) is 0.444. The molecule has 2 saturated heterocycles. The molecule has 118 valence electrons. The van der Waals surface area contributed by atoms with E-state index in [0.29, 0.717) is 19.0 Å². The predicted molar refractivity (Wildman–Crippen MR) is 83.7 cm³/mol. The first-order valence-electron chi connectivity index (χ1n) is 7.27. The molecule has 2 aliphatic rings. The third-order valence-electron chi connectivity index (χ3n) is 4.04. The van der Waals surface area contributed by atoms with Crippen molar-refractivity contribution in [3.63, 3.8) is 0 Å². The Hall–Kier alpha value is 0.310. The van der Waals surface area contributed by atoms with Gasteiger partial charge in [0.2, 0.25) is 10.0 Å². The summed E-state index contributed by atoms with van der Waals surface area (Å²) in [4.78, 5) is 2.43. The molecule has 2 aliphatic heterocycles. The number of ether oxygens (including phenoxy) is 1. The van der Waals surface area contributed by atoms with Crippen LogP contribution in [-0.4, -0.2) is 74.1 Å². The van der Waals surface area contributed by atoms with Gasteiger partial charge in [0.25, 0.3) is 0 Å². The quantitative estimate of drug-likeness (QED) is 0.698. The number of halogens is 1. The Bertz CT molecular complexity index is 418. The zero-order valence-electron chi connectivity index (χ0n) is 12.3. The molecule has 3 unspecified atom stereocenters. The lowest BCUT2D eigenvalue weighted by Gasteiger charge is -2.40. The van der Waals surface area contributed by atoms with Gasteiger partial charge in [-0.25, -0.2) is 12.7 Å². The van der Waals surface area contributed by atoms with Crippen molar-refractivity contribution < 1.29 is 13.2 Å². The number of hydrogen-bond donors (Lipinski definition) is 0. The molecule has 0 saturated carbocycles. The van der Waals surface area contributed by atoms with Crippen LogP contribution in [0, 0.1) is 5.92 Å². The van der Waals surface area contributed by atoms with Crippen molar-refractivity contribution in [2.75, 3.05) is 44.3 Å². The van der Waals surface area contributed by atoms with E-state index < -0.39 is 10.0 Å². The summed E-state index contributed by atoms with van der Waals surface area (Å²) in [6, 6.07) is 0. The summed E-state index contributed by atoms with van der Waals surface area (Å²) in [7, 11) is -3.04. The highest BCUT2D eigenvalue weighted by Crippen LogP contribution is 2.22. The first-order chi connectivity index (χ1) is 9.38. The van der Waals surface area contributed by atoms with Crippen LogP contribution in [-0.2, 0) is 14.8 Å². The molecule has 0 aromatic heterocycles. The molecule has 0 N–H and O–H groups in total. The average molecular weight is 369 g/mol. The average Bonchev–Trinajstić information content (AvgIpc) is 2.37.